The average molecular weight is 324 g/mol. The Morgan fingerprint density at radius 2 is 2.21 bits per heavy atom. The van der Waals surface area contributed by atoms with E-state index >= 15 is 0 Å². The van der Waals surface area contributed by atoms with Gasteiger partial charge in [-0.2, -0.15) is 10.2 Å². The Bertz CT molecular complexity index is 853. The summed E-state index contributed by atoms with van der Waals surface area (Å²) in [6.45, 7) is 3.42. The highest BCUT2D eigenvalue weighted by atomic mass is 16.2. The molecule has 0 bridgehead atoms. The second-order valence-electron chi connectivity index (χ2n) is 6.27. The van der Waals surface area contributed by atoms with Crippen LogP contribution in [-0.4, -0.2) is 47.8 Å². The molecular weight excluding hydrogens is 304 g/mol. The van der Waals surface area contributed by atoms with Crippen molar-refractivity contribution in [2.24, 2.45) is 0 Å². The first kappa shape index (κ1) is 14.9. The molecule has 0 N–H and O–H groups in total. The fourth-order valence-corrected chi connectivity index (χ4v) is 3.35. The molecule has 7 nitrogen and oxygen atoms in total. The van der Waals surface area contributed by atoms with Gasteiger partial charge in [-0.15, -0.1) is 0 Å². The zero-order valence-electron chi connectivity index (χ0n) is 13.7. The topological polar surface area (TPSA) is 68.3 Å². The lowest BCUT2D eigenvalue weighted by Gasteiger charge is -2.35. The van der Waals surface area contributed by atoms with Crippen LogP contribution in [0.4, 0.5) is 0 Å². The molecule has 1 aliphatic rings. The number of rotatable bonds is 3. The van der Waals surface area contributed by atoms with Crippen molar-refractivity contribution in [1.82, 2.24) is 29.3 Å². The number of carbonyl (C=O) groups is 1. The summed E-state index contributed by atoms with van der Waals surface area (Å²) >= 11 is 0. The van der Waals surface area contributed by atoms with Crippen LogP contribution in [0.2, 0.25) is 0 Å². The Balaban J connectivity index is 1.64. The van der Waals surface area contributed by atoms with Crippen LogP contribution in [0.25, 0.3) is 5.65 Å². The van der Waals surface area contributed by atoms with Crippen LogP contribution in [0.3, 0.4) is 0 Å². The van der Waals surface area contributed by atoms with E-state index in [2.05, 4.69) is 15.2 Å². The molecule has 24 heavy (non-hydrogen) atoms. The molecule has 0 unspecified atom stereocenters. The lowest BCUT2D eigenvalue weighted by Crippen LogP contribution is -2.46. The number of likely N-dealkylation sites (tertiary alicyclic amines) is 1. The fourth-order valence-electron chi connectivity index (χ4n) is 3.35. The first-order chi connectivity index (χ1) is 11.7. The SMILES string of the molecule is Cc1ccn2ncc(C(=O)N3CCCC[C@H]3Cn3cccn3)c2n1. The summed E-state index contributed by atoms with van der Waals surface area (Å²) in [7, 11) is 0. The standard InChI is InChI=1S/C17H20N6O/c1-13-6-10-23-16(20-13)15(11-19-23)17(24)22-9-3-2-5-14(22)12-21-8-4-7-18-21/h4,6-8,10-11,14H,2-3,5,9,12H2,1H3/t14-/m0/s1. The van der Waals surface area contributed by atoms with Crippen molar-refractivity contribution in [2.45, 2.75) is 38.8 Å². The van der Waals surface area contributed by atoms with Gasteiger partial charge in [0.25, 0.3) is 5.91 Å². The number of hydrogen-bond acceptors (Lipinski definition) is 4. The first-order valence-electron chi connectivity index (χ1n) is 8.32. The van der Waals surface area contributed by atoms with Crippen LogP contribution in [0.5, 0.6) is 0 Å². The molecule has 124 valence electrons. The van der Waals surface area contributed by atoms with Crippen molar-refractivity contribution >= 4 is 11.6 Å². The molecule has 4 rings (SSSR count). The lowest BCUT2D eigenvalue weighted by molar-refractivity contribution is 0.0585. The van der Waals surface area contributed by atoms with E-state index in [-0.39, 0.29) is 11.9 Å². The molecule has 0 aromatic carbocycles. The highest BCUT2D eigenvalue weighted by molar-refractivity contribution is 5.99. The van der Waals surface area contributed by atoms with E-state index in [1.807, 2.05) is 41.0 Å². The molecule has 0 radical (unpaired) electrons. The van der Waals surface area contributed by atoms with Gasteiger partial charge in [0.15, 0.2) is 5.65 Å². The van der Waals surface area contributed by atoms with Crippen molar-refractivity contribution in [3.8, 4) is 0 Å². The molecular formula is C17H20N6O. The third-order valence-corrected chi connectivity index (χ3v) is 4.58. The Morgan fingerprint density at radius 3 is 3.04 bits per heavy atom. The molecule has 4 heterocycles. The van der Waals surface area contributed by atoms with Gasteiger partial charge in [-0.3, -0.25) is 9.48 Å². The summed E-state index contributed by atoms with van der Waals surface area (Å²) < 4.78 is 3.56. The quantitative estimate of drug-likeness (QED) is 0.738. The number of aromatic nitrogens is 5. The lowest BCUT2D eigenvalue weighted by atomic mass is 10.0. The number of hydrogen-bond donors (Lipinski definition) is 0. The van der Waals surface area contributed by atoms with Crippen molar-refractivity contribution in [3.05, 3.63) is 48.2 Å². The summed E-state index contributed by atoms with van der Waals surface area (Å²) in [6, 6.07) is 3.95. The third kappa shape index (κ3) is 2.66. The van der Waals surface area contributed by atoms with Crippen molar-refractivity contribution in [2.75, 3.05) is 6.54 Å². The van der Waals surface area contributed by atoms with Gasteiger partial charge in [0.1, 0.15) is 5.56 Å². The van der Waals surface area contributed by atoms with Crippen LogP contribution in [-0.2, 0) is 6.54 Å². The Labute approximate surface area is 139 Å². The normalized spacial score (nSPS) is 18.2. The molecule has 1 saturated heterocycles. The second-order valence-corrected chi connectivity index (χ2v) is 6.27. The van der Waals surface area contributed by atoms with E-state index in [0.29, 0.717) is 11.2 Å². The summed E-state index contributed by atoms with van der Waals surface area (Å²) in [5.74, 6) is 0.0138. The van der Waals surface area contributed by atoms with Gasteiger partial charge < -0.3 is 4.90 Å². The second kappa shape index (κ2) is 6.07. The predicted octanol–water partition coefficient (Wildman–Crippen LogP) is 1.93. The van der Waals surface area contributed by atoms with E-state index in [0.717, 1.165) is 38.0 Å². The van der Waals surface area contributed by atoms with Crippen LogP contribution >= 0.6 is 0 Å². The van der Waals surface area contributed by atoms with Gasteiger partial charge in [-0.25, -0.2) is 9.50 Å². The molecule has 1 atom stereocenters. The largest absolute Gasteiger partial charge is 0.334 e. The maximum atomic E-state index is 13.1. The van der Waals surface area contributed by atoms with Gasteiger partial charge in [-0.05, 0) is 38.3 Å². The number of amides is 1. The van der Waals surface area contributed by atoms with Crippen LogP contribution in [0.15, 0.2) is 36.9 Å². The highest BCUT2D eigenvalue weighted by Crippen LogP contribution is 2.22. The minimum Gasteiger partial charge on any atom is -0.334 e. The molecule has 3 aromatic rings. The first-order valence-corrected chi connectivity index (χ1v) is 8.32. The average Bonchev–Trinajstić information content (AvgIpc) is 3.24. The zero-order valence-corrected chi connectivity index (χ0v) is 13.7. The summed E-state index contributed by atoms with van der Waals surface area (Å²) in [5, 5.41) is 8.54. The maximum Gasteiger partial charge on any atom is 0.259 e. The van der Waals surface area contributed by atoms with Gasteiger partial charge in [-0.1, -0.05) is 0 Å². The van der Waals surface area contributed by atoms with Gasteiger partial charge in [0.2, 0.25) is 0 Å². The predicted molar refractivity (Wildman–Crippen MR) is 88.6 cm³/mol. The summed E-state index contributed by atoms with van der Waals surface area (Å²) in [6.07, 6.45) is 10.4. The molecule has 0 aliphatic carbocycles. The monoisotopic (exact) mass is 324 g/mol. The van der Waals surface area contributed by atoms with Crippen LogP contribution in [0, 0.1) is 6.92 Å². The number of aryl methyl sites for hydroxylation is 1. The van der Waals surface area contributed by atoms with Gasteiger partial charge in [0, 0.05) is 30.8 Å². The Hall–Kier alpha value is -2.70. The van der Waals surface area contributed by atoms with Crippen molar-refractivity contribution in [3.63, 3.8) is 0 Å². The molecule has 1 aliphatic heterocycles. The molecule has 1 fully saturated rings. The Kier molecular flexibility index (Phi) is 3.76. The maximum absolute atomic E-state index is 13.1. The molecule has 3 aromatic heterocycles. The summed E-state index contributed by atoms with van der Waals surface area (Å²) in [5.41, 5.74) is 2.08. The minimum atomic E-state index is 0.0138. The number of nitrogens with zero attached hydrogens (tertiary/aromatic N) is 6. The van der Waals surface area contributed by atoms with E-state index in [9.17, 15) is 4.79 Å². The summed E-state index contributed by atoms with van der Waals surface area (Å²) in [4.78, 5) is 19.6. The van der Waals surface area contributed by atoms with Gasteiger partial charge >= 0.3 is 0 Å². The minimum absolute atomic E-state index is 0.0138. The van der Waals surface area contributed by atoms with Crippen molar-refractivity contribution < 1.29 is 4.79 Å². The van der Waals surface area contributed by atoms with Crippen LogP contribution < -0.4 is 0 Å². The molecule has 7 heteroatoms. The van der Waals surface area contributed by atoms with E-state index < -0.39 is 0 Å². The third-order valence-electron chi connectivity index (χ3n) is 4.58. The highest BCUT2D eigenvalue weighted by Gasteiger charge is 2.29. The van der Waals surface area contributed by atoms with Crippen molar-refractivity contribution in [1.29, 1.82) is 0 Å². The zero-order chi connectivity index (χ0) is 16.5. The molecule has 1 amide bonds. The van der Waals surface area contributed by atoms with Crippen LogP contribution in [0.1, 0.15) is 35.3 Å². The fraction of sp³-hybridized carbons (Fsp3) is 0.412. The molecule has 0 saturated carbocycles. The smallest absolute Gasteiger partial charge is 0.259 e. The Morgan fingerprint density at radius 1 is 1.29 bits per heavy atom. The number of fused-ring (bicyclic) bond motifs is 1. The number of carbonyl (C=O) groups excluding carboxylic acids is 1. The number of piperidine rings is 1. The van der Waals surface area contributed by atoms with E-state index in [1.54, 1.807) is 16.9 Å². The van der Waals surface area contributed by atoms with E-state index in [4.69, 9.17) is 0 Å². The van der Waals surface area contributed by atoms with Gasteiger partial charge in [0.05, 0.1) is 18.8 Å². The van der Waals surface area contributed by atoms with E-state index in [1.165, 1.54) is 0 Å². The molecule has 0 spiro atoms.